The standard InChI is InChI=1S/C14H13Cl/c1-2-11-9-6-10-13(14(11)15)12-7-4-3-5-8-12/h3-10H,2H2,1H3. The first-order valence-electron chi connectivity index (χ1n) is 5.15. The van der Waals surface area contributed by atoms with Crippen LogP contribution in [0.15, 0.2) is 48.5 Å². The van der Waals surface area contributed by atoms with E-state index in [-0.39, 0.29) is 0 Å². The predicted octanol–water partition coefficient (Wildman–Crippen LogP) is 4.57. The molecule has 0 amide bonds. The van der Waals surface area contributed by atoms with Gasteiger partial charge in [0, 0.05) is 5.56 Å². The van der Waals surface area contributed by atoms with Gasteiger partial charge in [-0.05, 0) is 17.5 Å². The summed E-state index contributed by atoms with van der Waals surface area (Å²) in [6.45, 7) is 2.12. The van der Waals surface area contributed by atoms with Crippen LogP contribution in [-0.2, 0) is 6.42 Å². The van der Waals surface area contributed by atoms with Crippen LogP contribution in [0.1, 0.15) is 12.5 Å². The molecule has 0 aromatic heterocycles. The summed E-state index contributed by atoms with van der Waals surface area (Å²) in [6, 6.07) is 16.5. The lowest BCUT2D eigenvalue weighted by Gasteiger charge is -2.07. The van der Waals surface area contributed by atoms with E-state index < -0.39 is 0 Å². The van der Waals surface area contributed by atoms with Crippen LogP contribution in [0.5, 0.6) is 0 Å². The third-order valence-electron chi connectivity index (χ3n) is 2.54. The molecule has 0 aliphatic carbocycles. The first-order chi connectivity index (χ1) is 7.33. The number of halogens is 1. The van der Waals surface area contributed by atoms with Crippen LogP contribution in [-0.4, -0.2) is 0 Å². The average molecular weight is 217 g/mol. The molecule has 0 N–H and O–H groups in total. The lowest BCUT2D eigenvalue weighted by molar-refractivity contribution is 1.14. The molecule has 2 aromatic carbocycles. The highest BCUT2D eigenvalue weighted by molar-refractivity contribution is 6.34. The van der Waals surface area contributed by atoms with Crippen LogP contribution in [0, 0.1) is 0 Å². The van der Waals surface area contributed by atoms with Crippen molar-refractivity contribution in [1.29, 1.82) is 0 Å². The molecule has 0 atom stereocenters. The fraction of sp³-hybridized carbons (Fsp3) is 0.143. The van der Waals surface area contributed by atoms with Gasteiger partial charge in [-0.2, -0.15) is 0 Å². The normalized spacial score (nSPS) is 10.3. The molecule has 0 saturated heterocycles. The summed E-state index contributed by atoms with van der Waals surface area (Å²) in [7, 11) is 0. The molecule has 0 aliphatic rings. The van der Waals surface area contributed by atoms with E-state index in [0.29, 0.717) is 0 Å². The summed E-state index contributed by atoms with van der Waals surface area (Å²) in [4.78, 5) is 0. The zero-order chi connectivity index (χ0) is 10.7. The van der Waals surface area contributed by atoms with Crippen molar-refractivity contribution in [3.63, 3.8) is 0 Å². The second-order valence-electron chi connectivity index (χ2n) is 3.50. The minimum atomic E-state index is 0.881. The Morgan fingerprint density at radius 3 is 2.33 bits per heavy atom. The summed E-state index contributed by atoms with van der Waals surface area (Å²) >= 11 is 6.34. The molecule has 0 nitrogen and oxygen atoms in total. The Morgan fingerprint density at radius 2 is 1.67 bits per heavy atom. The van der Waals surface area contributed by atoms with Crippen LogP contribution in [0.25, 0.3) is 11.1 Å². The molecule has 0 saturated carbocycles. The van der Waals surface area contributed by atoms with E-state index in [9.17, 15) is 0 Å². The van der Waals surface area contributed by atoms with Gasteiger partial charge >= 0.3 is 0 Å². The highest BCUT2D eigenvalue weighted by Gasteiger charge is 2.05. The minimum Gasteiger partial charge on any atom is -0.0834 e. The van der Waals surface area contributed by atoms with Gasteiger partial charge in [0.25, 0.3) is 0 Å². The molecule has 0 radical (unpaired) electrons. The lowest BCUT2D eigenvalue weighted by atomic mass is 10.0. The van der Waals surface area contributed by atoms with Crippen molar-refractivity contribution in [3.05, 3.63) is 59.1 Å². The summed E-state index contributed by atoms with van der Waals surface area (Å²) in [5, 5.41) is 0.881. The van der Waals surface area contributed by atoms with Gasteiger partial charge in [0.1, 0.15) is 0 Å². The first-order valence-corrected chi connectivity index (χ1v) is 5.53. The largest absolute Gasteiger partial charge is 0.0834 e. The Balaban J connectivity index is 2.54. The van der Waals surface area contributed by atoms with Gasteiger partial charge in [-0.25, -0.2) is 0 Å². The van der Waals surface area contributed by atoms with E-state index in [1.807, 2.05) is 18.2 Å². The summed E-state index contributed by atoms with van der Waals surface area (Å²) in [5.41, 5.74) is 3.51. The van der Waals surface area contributed by atoms with Crippen LogP contribution < -0.4 is 0 Å². The summed E-state index contributed by atoms with van der Waals surface area (Å²) in [6.07, 6.45) is 0.972. The molecule has 76 valence electrons. The van der Waals surface area contributed by atoms with Gasteiger partial charge in [0.15, 0.2) is 0 Å². The van der Waals surface area contributed by atoms with Crippen LogP contribution in [0.2, 0.25) is 5.02 Å². The predicted molar refractivity (Wildman–Crippen MR) is 66.3 cm³/mol. The minimum absolute atomic E-state index is 0.881. The fourth-order valence-electron chi connectivity index (χ4n) is 1.69. The van der Waals surface area contributed by atoms with Crippen molar-refractivity contribution in [3.8, 4) is 11.1 Å². The third-order valence-corrected chi connectivity index (χ3v) is 2.99. The van der Waals surface area contributed by atoms with E-state index in [4.69, 9.17) is 11.6 Å². The maximum Gasteiger partial charge on any atom is 0.0516 e. The average Bonchev–Trinajstić information content (AvgIpc) is 2.30. The monoisotopic (exact) mass is 216 g/mol. The molecule has 0 fully saturated rings. The molecular formula is C14H13Cl. The number of benzene rings is 2. The first kappa shape index (κ1) is 10.3. The number of rotatable bonds is 2. The molecule has 0 aliphatic heterocycles. The van der Waals surface area contributed by atoms with Gasteiger partial charge < -0.3 is 0 Å². The quantitative estimate of drug-likeness (QED) is 0.690. The SMILES string of the molecule is CCc1cccc(-c2ccccc2)c1Cl. The second-order valence-corrected chi connectivity index (χ2v) is 3.88. The van der Waals surface area contributed by atoms with Crippen molar-refractivity contribution in [2.45, 2.75) is 13.3 Å². The van der Waals surface area contributed by atoms with Gasteiger partial charge in [-0.3, -0.25) is 0 Å². The maximum absolute atomic E-state index is 6.34. The number of hydrogen-bond acceptors (Lipinski definition) is 0. The van der Waals surface area contributed by atoms with Crippen LogP contribution in [0.4, 0.5) is 0 Å². The molecule has 2 aromatic rings. The van der Waals surface area contributed by atoms with Crippen molar-refractivity contribution in [2.75, 3.05) is 0 Å². The Kier molecular flexibility index (Phi) is 3.08. The van der Waals surface area contributed by atoms with E-state index in [2.05, 4.69) is 37.3 Å². The van der Waals surface area contributed by atoms with Gasteiger partial charge in [-0.15, -0.1) is 0 Å². The lowest BCUT2D eigenvalue weighted by Crippen LogP contribution is -1.85. The molecule has 15 heavy (non-hydrogen) atoms. The molecule has 1 heteroatoms. The Hall–Kier alpha value is -1.27. The number of aryl methyl sites for hydroxylation is 1. The third kappa shape index (κ3) is 2.05. The van der Waals surface area contributed by atoms with Crippen LogP contribution >= 0.6 is 11.6 Å². The Morgan fingerprint density at radius 1 is 0.933 bits per heavy atom. The van der Waals surface area contributed by atoms with Gasteiger partial charge in [0.2, 0.25) is 0 Å². The zero-order valence-corrected chi connectivity index (χ0v) is 9.46. The molecular weight excluding hydrogens is 204 g/mol. The van der Waals surface area contributed by atoms with Crippen molar-refractivity contribution >= 4 is 11.6 Å². The van der Waals surface area contributed by atoms with Gasteiger partial charge in [0.05, 0.1) is 5.02 Å². The smallest absolute Gasteiger partial charge is 0.0516 e. The number of hydrogen-bond donors (Lipinski definition) is 0. The molecule has 0 spiro atoms. The van der Waals surface area contributed by atoms with Crippen molar-refractivity contribution in [1.82, 2.24) is 0 Å². The van der Waals surface area contributed by atoms with E-state index in [0.717, 1.165) is 17.0 Å². The van der Waals surface area contributed by atoms with Crippen molar-refractivity contribution < 1.29 is 0 Å². The summed E-state index contributed by atoms with van der Waals surface area (Å²) in [5.74, 6) is 0. The van der Waals surface area contributed by atoms with E-state index in [1.165, 1.54) is 11.1 Å². The second kappa shape index (κ2) is 4.50. The van der Waals surface area contributed by atoms with Gasteiger partial charge in [-0.1, -0.05) is 67.1 Å². The topological polar surface area (TPSA) is 0 Å². The Bertz CT molecular complexity index is 446. The van der Waals surface area contributed by atoms with Crippen LogP contribution in [0.3, 0.4) is 0 Å². The molecule has 0 unspecified atom stereocenters. The maximum atomic E-state index is 6.34. The molecule has 2 rings (SSSR count). The molecule has 0 heterocycles. The highest BCUT2D eigenvalue weighted by Crippen LogP contribution is 2.30. The fourth-order valence-corrected chi connectivity index (χ4v) is 2.06. The Labute approximate surface area is 95.5 Å². The highest BCUT2D eigenvalue weighted by atomic mass is 35.5. The summed E-state index contributed by atoms with van der Waals surface area (Å²) < 4.78 is 0. The van der Waals surface area contributed by atoms with E-state index >= 15 is 0 Å². The molecule has 0 bridgehead atoms. The zero-order valence-electron chi connectivity index (χ0n) is 8.70. The van der Waals surface area contributed by atoms with E-state index in [1.54, 1.807) is 0 Å². The van der Waals surface area contributed by atoms with Crippen molar-refractivity contribution in [2.24, 2.45) is 0 Å².